The molecule has 42 heavy (non-hydrogen) atoms. The maximum absolute atomic E-state index is 3.72. The van der Waals surface area contributed by atoms with Crippen molar-refractivity contribution in [1.82, 2.24) is 0 Å². The minimum Gasteiger partial charge on any atom is -0.199 e. The summed E-state index contributed by atoms with van der Waals surface area (Å²) >= 11 is 0. The van der Waals surface area contributed by atoms with Crippen LogP contribution in [0.2, 0.25) is 13.1 Å². The Hall–Kier alpha value is -3.23. The Morgan fingerprint density at radius 3 is 1.36 bits per heavy atom. The SMILES string of the molecule is Cc1c[c-](C[Si](C)(C)c2ccccc2)c2c1CCCC2.[CH2-]c1ccccc1.[CH2-]c1ccccc1.[CH2-]c1ccccc1.[Ti+4]. The van der Waals surface area contributed by atoms with Gasteiger partial charge in [-0.15, -0.1) is 36.4 Å². The molecule has 0 atom stereocenters. The molecule has 5 aromatic carbocycles. The molecule has 0 amide bonds. The van der Waals surface area contributed by atoms with Crippen molar-refractivity contribution < 1.29 is 21.7 Å². The second-order valence-electron chi connectivity index (χ2n) is 11.4. The van der Waals surface area contributed by atoms with Crippen molar-refractivity contribution in [3.63, 3.8) is 0 Å². The maximum Gasteiger partial charge on any atom is 4.00 e. The summed E-state index contributed by atoms with van der Waals surface area (Å²) in [5, 5.41) is 1.59. The van der Waals surface area contributed by atoms with Gasteiger partial charge >= 0.3 is 21.7 Å². The summed E-state index contributed by atoms with van der Waals surface area (Å²) in [5.41, 5.74) is 9.83. The Kier molecular flexibility index (Phi) is 15.3. The molecule has 0 spiro atoms. The van der Waals surface area contributed by atoms with Gasteiger partial charge in [0.05, 0.1) is 8.07 Å². The van der Waals surface area contributed by atoms with Gasteiger partial charge in [-0.2, -0.15) is 102 Å². The van der Waals surface area contributed by atoms with Crippen molar-refractivity contribution in [2.45, 2.75) is 51.7 Å². The van der Waals surface area contributed by atoms with Crippen LogP contribution in [0.1, 0.15) is 51.8 Å². The van der Waals surface area contributed by atoms with Gasteiger partial charge in [-0.3, -0.25) is 0 Å². The molecule has 1 aliphatic carbocycles. The number of hydrogen-bond acceptors (Lipinski definition) is 0. The summed E-state index contributed by atoms with van der Waals surface area (Å²) in [7, 11) is -1.37. The van der Waals surface area contributed by atoms with Crippen LogP contribution in [0.5, 0.6) is 0 Å². The average molecular weight is 603 g/mol. The second kappa shape index (κ2) is 18.3. The van der Waals surface area contributed by atoms with Crippen LogP contribution in [-0.4, -0.2) is 8.07 Å². The van der Waals surface area contributed by atoms with Crippen LogP contribution in [0, 0.1) is 27.7 Å². The molecule has 0 nitrogen and oxygen atoms in total. The van der Waals surface area contributed by atoms with Gasteiger partial charge in [0.1, 0.15) is 0 Å². The molecule has 6 rings (SSSR count). The fourth-order valence-electron chi connectivity index (χ4n) is 5.19. The largest absolute Gasteiger partial charge is 4.00 e. The standard InChI is InChI=1S/C19H25Si.3C7H7.Ti/c1-15-13-16(19-12-8-7-11-18(15)19)14-20(2,3)17-9-5-4-6-10-17;3*1-7-5-3-2-4-6-7;/h4-6,9-10,13H,7-8,11-12,14H2,1-3H3;3*2-6H,1H2;/q4*-1;+4. The topological polar surface area (TPSA) is 0 Å². The molecule has 214 valence electrons. The summed E-state index contributed by atoms with van der Waals surface area (Å²) in [4.78, 5) is 0. The number of aryl methyl sites for hydroxylation is 1. The Labute approximate surface area is 272 Å². The quantitative estimate of drug-likeness (QED) is 0.142. The second-order valence-corrected chi connectivity index (χ2v) is 16.1. The van der Waals surface area contributed by atoms with Gasteiger partial charge in [0, 0.05) is 0 Å². The minimum absolute atomic E-state index is 0. The predicted octanol–water partition coefficient (Wildman–Crippen LogP) is 9.89. The third kappa shape index (κ3) is 11.9. The van der Waals surface area contributed by atoms with Crippen LogP contribution in [0.4, 0.5) is 0 Å². The molecule has 0 N–H and O–H groups in total. The van der Waals surface area contributed by atoms with Crippen LogP contribution in [0.15, 0.2) is 127 Å². The van der Waals surface area contributed by atoms with E-state index in [0.29, 0.717) is 0 Å². The molecule has 0 heterocycles. The van der Waals surface area contributed by atoms with Gasteiger partial charge in [-0.25, -0.2) is 0 Å². The fourth-order valence-corrected chi connectivity index (χ4v) is 7.76. The van der Waals surface area contributed by atoms with Crippen molar-refractivity contribution in [1.29, 1.82) is 0 Å². The van der Waals surface area contributed by atoms with E-state index in [1.54, 1.807) is 27.4 Å². The summed E-state index contributed by atoms with van der Waals surface area (Å²) < 4.78 is 0. The Bertz CT molecular complexity index is 1300. The van der Waals surface area contributed by atoms with Gasteiger partial charge in [-0.05, 0) is 0 Å². The third-order valence-corrected chi connectivity index (χ3v) is 10.6. The molecule has 0 fully saturated rings. The first kappa shape index (κ1) is 35.0. The summed E-state index contributed by atoms with van der Waals surface area (Å²) in [6.07, 6.45) is 5.40. The van der Waals surface area contributed by atoms with E-state index in [4.69, 9.17) is 0 Å². The fraction of sp³-hybridized carbons (Fsp3) is 0.200. The minimum atomic E-state index is -1.37. The molecule has 0 unspecified atom stereocenters. The van der Waals surface area contributed by atoms with Crippen molar-refractivity contribution in [3.8, 4) is 0 Å². The van der Waals surface area contributed by atoms with E-state index in [1.165, 1.54) is 31.7 Å². The molecule has 0 saturated carbocycles. The smallest absolute Gasteiger partial charge is 0.199 e. The first-order valence-corrected chi connectivity index (χ1v) is 17.9. The van der Waals surface area contributed by atoms with E-state index in [1.807, 2.05) is 91.0 Å². The van der Waals surface area contributed by atoms with Crippen molar-refractivity contribution in [2.24, 2.45) is 0 Å². The van der Waals surface area contributed by atoms with Crippen LogP contribution >= 0.6 is 0 Å². The van der Waals surface area contributed by atoms with Crippen LogP contribution in [-0.2, 0) is 40.6 Å². The molecule has 0 saturated heterocycles. The van der Waals surface area contributed by atoms with Gasteiger partial charge < -0.3 is 0 Å². The molecule has 0 bridgehead atoms. The third-order valence-electron chi connectivity index (χ3n) is 7.44. The maximum atomic E-state index is 3.72. The van der Waals surface area contributed by atoms with Gasteiger partial charge in [-0.1, -0.05) is 105 Å². The van der Waals surface area contributed by atoms with E-state index in [2.05, 4.69) is 77.2 Å². The summed E-state index contributed by atoms with van der Waals surface area (Å²) in [6.45, 7) is 18.5. The van der Waals surface area contributed by atoms with Crippen molar-refractivity contribution in [3.05, 3.63) is 187 Å². The van der Waals surface area contributed by atoms with E-state index >= 15 is 0 Å². The molecular formula is C40H46SiTi. The van der Waals surface area contributed by atoms with Gasteiger partial charge in [0.2, 0.25) is 0 Å². The van der Waals surface area contributed by atoms with Crippen molar-refractivity contribution >= 4 is 13.3 Å². The number of hydrogen-bond donors (Lipinski definition) is 0. The predicted molar refractivity (Wildman–Crippen MR) is 183 cm³/mol. The van der Waals surface area contributed by atoms with E-state index < -0.39 is 8.07 Å². The monoisotopic (exact) mass is 602 g/mol. The van der Waals surface area contributed by atoms with Crippen LogP contribution < -0.4 is 5.19 Å². The Morgan fingerprint density at radius 1 is 0.595 bits per heavy atom. The first-order valence-electron chi connectivity index (χ1n) is 14.7. The van der Waals surface area contributed by atoms with E-state index in [0.717, 1.165) is 16.7 Å². The number of benzene rings is 4. The zero-order valence-electron chi connectivity index (χ0n) is 25.8. The Morgan fingerprint density at radius 2 is 0.976 bits per heavy atom. The molecule has 0 aliphatic heterocycles. The molecular weight excluding hydrogens is 556 g/mol. The molecule has 2 heteroatoms. The first-order chi connectivity index (χ1) is 19.8. The number of fused-ring (bicyclic) bond motifs is 1. The van der Waals surface area contributed by atoms with Gasteiger partial charge in [0.15, 0.2) is 0 Å². The number of rotatable bonds is 3. The van der Waals surface area contributed by atoms with Crippen LogP contribution in [0.3, 0.4) is 0 Å². The summed E-state index contributed by atoms with van der Waals surface area (Å²) in [6, 6.07) is 44.6. The molecule has 1 aliphatic rings. The van der Waals surface area contributed by atoms with Crippen LogP contribution in [0.25, 0.3) is 0 Å². The molecule has 0 aromatic heterocycles. The molecule has 0 radical (unpaired) electrons. The Balaban J connectivity index is 0.000000229. The van der Waals surface area contributed by atoms with E-state index in [9.17, 15) is 0 Å². The van der Waals surface area contributed by atoms with Gasteiger partial charge in [0.25, 0.3) is 0 Å². The zero-order chi connectivity index (χ0) is 29.5. The van der Waals surface area contributed by atoms with Crippen molar-refractivity contribution in [2.75, 3.05) is 0 Å². The molecule has 5 aromatic rings. The van der Waals surface area contributed by atoms with E-state index in [-0.39, 0.29) is 21.7 Å². The average Bonchev–Trinajstić information content (AvgIpc) is 3.30. The zero-order valence-corrected chi connectivity index (χ0v) is 28.3. The summed E-state index contributed by atoms with van der Waals surface area (Å²) in [5.74, 6) is 0. The normalized spacial score (nSPS) is 11.5.